The van der Waals surface area contributed by atoms with Crippen LogP contribution in [0.1, 0.15) is 37.8 Å². The number of fused-ring (bicyclic) bond motifs is 1. The summed E-state index contributed by atoms with van der Waals surface area (Å²) in [5.74, 6) is 0.697. The highest BCUT2D eigenvalue weighted by molar-refractivity contribution is 7.15. The first kappa shape index (κ1) is 21.2. The van der Waals surface area contributed by atoms with Crippen molar-refractivity contribution in [2.45, 2.75) is 26.3 Å². The number of hydrogen-bond donors (Lipinski definition) is 1. The molecule has 3 aromatic rings. The van der Waals surface area contributed by atoms with Crippen molar-refractivity contribution in [2.75, 3.05) is 13.1 Å². The van der Waals surface area contributed by atoms with Gasteiger partial charge in [-0.3, -0.25) is 9.59 Å². The van der Waals surface area contributed by atoms with E-state index >= 15 is 0 Å². The molecule has 5 rings (SSSR count). The zero-order chi connectivity index (χ0) is 22.4. The molecule has 1 N–H and O–H groups in total. The summed E-state index contributed by atoms with van der Waals surface area (Å²) in [6, 6.07) is 15.2. The van der Waals surface area contributed by atoms with E-state index in [0.29, 0.717) is 34.7 Å². The van der Waals surface area contributed by atoms with Gasteiger partial charge in [-0.05, 0) is 49.8 Å². The van der Waals surface area contributed by atoms with Gasteiger partial charge >= 0.3 is 0 Å². The van der Waals surface area contributed by atoms with E-state index in [2.05, 4.69) is 16.4 Å². The smallest absolute Gasteiger partial charge is 0.274 e. The van der Waals surface area contributed by atoms with E-state index in [0.717, 1.165) is 34.0 Å². The molecule has 7 heteroatoms. The van der Waals surface area contributed by atoms with Crippen LogP contribution in [0.2, 0.25) is 5.02 Å². The molecule has 0 spiro atoms. The van der Waals surface area contributed by atoms with Gasteiger partial charge < -0.3 is 10.2 Å². The van der Waals surface area contributed by atoms with Gasteiger partial charge in [0.15, 0.2) is 0 Å². The highest BCUT2D eigenvalue weighted by atomic mass is 35.5. The molecule has 1 saturated carbocycles. The van der Waals surface area contributed by atoms with Crippen molar-refractivity contribution < 1.29 is 9.59 Å². The average Bonchev–Trinajstić information content (AvgIpc) is 3.28. The summed E-state index contributed by atoms with van der Waals surface area (Å²) < 4.78 is 0. The summed E-state index contributed by atoms with van der Waals surface area (Å²) in [5.41, 5.74) is 3.14. The van der Waals surface area contributed by atoms with Crippen molar-refractivity contribution in [3.05, 3.63) is 75.4 Å². The van der Waals surface area contributed by atoms with E-state index in [9.17, 15) is 9.59 Å². The number of nitrogens with one attached hydrogen (secondary N) is 1. The van der Waals surface area contributed by atoms with E-state index in [4.69, 9.17) is 11.6 Å². The zero-order valence-corrected chi connectivity index (χ0v) is 19.5. The number of likely N-dealkylation sites (tertiary alicyclic amines) is 1. The van der Waals surface area contributed by atoms with E-state index in [1.165, 1.54) is 0 Å². The van der Waals surface area contributed by atoms with E-state index in [1.807, 2.05) is 36.9 Å². The number of rotatable bonds is 5. The second kappa shape index (κ2) is 8.34. The Bertz CT molecular complexity index is 1210. The van der Waals surface area contributed by atoms with Crippen LogP contribution in [0.25, 0.3) is 10.4 Å². The molecule has 2 aromatic carbocycles. The molecule has 1 aliphatic heterocycles. The molecular weight excluding hydrogens is 442 g/mol. The molecule has 1 saturated heterocycles. The normalized spacial score (nSPS) is 21.3. The van der Waals surface area contributed by atoms with Crippen molar-refractivity contribution in [3.63, 3.8) is 0 Å². The molecule has 5 nitrogen and oxygen atoms in total. The Morgan fingerprint density at radius 2 is 2.00 bits per heavy atom. The topological polar surface area (TPSA) is 62.3 Å². The number of piperidine rings is 1. The van der Waals surface area contributed by atoms with Gasteiger partial charge in [-0.15, -0.1) is 11.3 Å². The number of nitrogens with zero attached hydrogens (tertiary/aromatic N) is 2. The number of aromatic nitrogens is 1. The van der Waals surface area contributed by atoms with Crippen molar-refractivity contribution in [1.82, 2.24) is 15.2 Å². The number of amides is 2. The minimum atomic E-state index is -0.211. The van der Waals surface area contributed by atoms with Gasteiger partial charge in [-0.25, -0.2) is 4.98 Å². The second-order valence-corrected chi connectivity index (χ2v) is 10.3. The highest BCUT2D eigenvalue weighted by Gasteiger charge is 2.54. The summed E-state index contributed by atoms with van der Waals surface area (Å²) in [6.45, 7) is 5.12. The summed E-state index contributed by atoms with van der Waals surface area (Å²) in [5, 5.41) is 4.30. The molecule has 2 amide bonds. The van der Waals surface area contributed by atoms with Gasteiger partial charge in [0.1, 0.15) is 5.69 Å². The van der Waals surface area contributed by atoms with Crippen LogP contribution in [0.5, 0.6) is 0 Å². The Labute approximate surface area is 196 Å². The number of aryl methyl sites for hydroxylation is 2. The Balaban J connectivity index is 1.36. The average molecular weight is 466 g/mol. The van der Waals surface area contributed by atoms with Crippen LogP contribution >= 0.6 is 22.9 Å². The third-order valence-electron chi connectivity index (χ3n) is 6.37. The first-order valence-corrected chi connectivity index (χ1v) is 12.0. The van der Waals surface area contributed by atoms with Crippen LogP contribution in [0.15, 0.2) is 48.5 Å². The van der Waals surface area contributed by atoms with Crippen LogP contribution in [-0.4, -0.2) is 40.8 Å². The fourth-order valence-corrected chi connectivity index (χ4v) is 5.82. The molecular formula is C25H24ClN3O2S. The molecule has 1 aromatic heterocycles. The van der Waals surface area contributed by atoms with Crippen LogP contribution < -0.4 is 5.32 Å². The van der Waals surface area contributed by atoms with E-state index < -0.39 is 0 Å². The maximum atomic E-state index is 13.6. The van der Waals surface area contributed by atoms with Gasteiger partial charge in [0.25, 0.3) is 11.8 Å². The van der Waals surface area contributed by atoms with Gasteiger partial charge in [-0.1, -0.05) is 53.6 Å². The van der Waals surface area contributed by atoms with Gasteiger partial charge in [0.05, 0.1) is 26.5 Å². The number of halogens is 1. The van der Waals surface area contributed by atoms with Gasteiger partial charge in [0.2, 0.25) is 0 Å². The van der Waals surface area contributed by atoms with E-state index in [-0.39, 0.29) is 17.9 Å². The minimum Gasteiger partial charge on any atom is -0.350 e. The molecule has 2 heterocycles. The number of hydrogen-bond acceptors (Lipinski definition) is 4. The predicted octanol–water partition coefficient (Wildman–Crippen LogP) is 4.97. The molecule has 0 bridgehead atoms. The monoisotopic (exact) mass is 465 g/mol. The second-order valence-electron chi connectivity index (χ2n) is 8.65. The minimum absolute atomic E-state index is 0.0219. The zero-order valence-electron chi connectivity index (χ0n) is 18.0. The third-order valence-corrected chi connectivity index (χ3v) is 7.72. The van der Waals surface area contributed by atoms with Gasteiger partial charge in [-0.2, -0.15) is 0 Å². The predicted molar refractivity (Wildman–Crippen MR) is 127 cm³/mol. The Hall–Kier alpha value is -2.70. The largest absolute Gasteiger partial charge is 0.350 e. The molecule has 1 aliphatic carbocycles. The van der Waals surface area contributed by atoms with Crippen LogP contribution in [-0.2, 0) is 0 Å². The highest BCUT2D eigenvalue weighted by Crippen LogP contribution is 2.50. The molecule has 3 atom stereocenters. The Kier molecular flexibility index (Phi) is 5.51. The summed E-state index contributed by atoms with van der Waals surface area (Å²) in [6.07, 6.45) is 1.11. The van der Waals surface area contributed by atoms with Crippen molar-refractivity contribution in [2.24, 2.45) is 11.8 Å². The van der Waals surface area contributed by atoms with Crippen LogP contribution in [0.3, 0.4) is 0 Å². The maximum absolute atomic E-state index is 13.6. The maximum Gasteiger partial charge on any atom is 0.274 e. The molecule has 2 fully saturated rings. The summed E-state index contributed by atoms with van der Waals surface area (Å²) in [4.78, 5) is 33.7. The number of thiazole rings is 1. The van der Waals surface area contributed by atoms with E-state index in [1.54, 1.807) is 35.6 Å². The molecule has 0 radical (unpaired) electrons. The SMILES string of the molecule is Cc1cccc(-c2sc(C)nc2C(=O)N2CC3CC3C2CNC(=O)c2ccccc2Cl)c1. The lowest BCUT2D eigenvalue weighted by Crippen LogP contribution is -2.45. The first-order valence-electron chi connectivity index (χ1n) is 10.8. The lowest BCUT2D eigenvalue weighted by Gasteiger charge is -2.27. The standard InChI is InChI=1S/C25H24ClN3O2S/c1-14-6-5-7-16(10-14)23-22(28-15(2)32-23)25(31)29-13-17-11-19(17)21(29)12-27-24(30)18-8-3-4-9-20(18)26/h3-10,17,19,21H,11-13H2,1-2H3,(H,27,30). The van der Waals surface area contributed by atoms with Crippen molar-refractivity contribution in [3.8, 4) is 10.4 Å². The fraction of sp³-hybridized carbons (Fsp3) is 0.320. The first-order chi connectivity index (χ1) is 15.4. The third kappa shape index (κ3) is 3.93. The lowest BCUT2D eigenvalue weighted by atomic mass is 10.1. The molecule has 2 aliphatic rings. The van der Waals surface area contributed by atoms with Crippen molar-refractivity contribution >= 4 is 34.8 Å². The lowest BCUT2D eigenvalue weighted by molar-refractivity contribution is 0.0690. The summed E-state index contributed by atoms with van der Waals surface area (Å²) >= 11 is 7.72. The fourth-order valence-electron chi connectivity index (χ4n) is 4.69. The Morgan fingerprint density at radius 3 is 2.78 bits per heavy atom. The van der Waals surface area contributed by atoms with Gasteiger partial charge in [0, 0.05) is 13.1 Å². The molecule has 164 valence electrons. The van der Waals surface area contributed by atoms with Crippen LogP contribution in [0.4, 0.5) is 0 Å². The number of benzene rings is 2. The number of carbonyl (C=O) groups excluding carboxylic acids is 2. The Morgan fingerprint density at radius 1 is 1.19 bits per heavy atom. The van der Waals surface area contributed by atoms with Crippen LogP contribution in [0, 0.1) is 25.7 Å². The molecule has 32 heavy (non-hydrogen) atoms. The number of carbonyl (C=O) groups is 2. The quantitative estimate of drug-likeness (QED) is 0.578. The van der Waals surface area contributed by atoms with Crippen molar-refractivity contribution in [1.29, 1.82) is 0 Å². The summed E-state index contributed by atoms with van der Waals surface area (Å²) in [7, 11) is 0. The molecule has 3 unspecified atom stereocenters.